The van der Waals surface area contributed by atoms with Crippen LogP contribution in [0, 0.1) is 11.8 Å². The first-order chi connectivity index (χ1) is 6.66. The van der Waals surface area contributed by atoms with Crippen molar-refractivity contribution in [2.45, 2.75) is 58.4 Å². The van der Waals surface area contributed by atoms with Crippen LogP contribution in [-0.2, 0) is 0 Å². The van der Waals surface area contributed by atoms with Crippen LogP contribution in [0.5, 0.6) is 0 Å². The standard InChI is InChI=1S/C13H23N/c1-9-3-4-11(7-10(9)2)12-5-6-13(14)8-12/h9-10,13H,3-8,14H2,1-2H3. The summed E-state index contributed by atoms with van der Waals surface area (Å²) in [4.78, 5) is 0. The van der Waals surface area contributed by atoms with E-state index in [4.69, 9.17) is 5.73 Å². The molecule has 0 radical (unpaired) electrons. The predicted molar refractivity (Wildman–Crippen MR) is 61.0 cm³/mol. The van der Waals surface area contributed by atoms with Gasteiger partial charge in [0.1, 0.15) is 0 Å². The molecule has 0 bridgehead atoms. The van der Waals surface area contributed by atoms with Gasteiger partial charge in [0.25, 0.3) is 0 Å². The lowest BCUT2D eigenvalue weighted by Crippen LogP contribution is -2.17. The topological polar surface area (TPSA) is 26.0 Å². The van der Waals surface area contributed by atoms with Crippen LogP contribution in [0.25, 0.3) is 0 Å². The van der Waals surface area contributed by atoms with Gasteiger partial charge in [-0.2, -0.15) is 0 Å². The van der Waals surface area contributed by atoms with Gasteiger partial charge in [0.2, 0.25) is 0 Å². The van der Waals surface area contributed by atoms with Crippen LogP contribution in [0.3, 0.4) is 0 Å². The van der Waals surface area contributed by atoms with E-state index in [1.165, 1.54) is 38.5 Å². The van der Waals surface area contributed by atoms with Crippen LogP contribution in [-0.4, -0.2) is 6.04 Å². The van der Waals surface area contributed by atoms with Crippen molar-refractivity contribution in [3.05, 3.63) is 11.1 Å². The first-order valence-corrected chi connectivity index (χ1v) is 6.12. The van der Waals surface area contributed by atoms with Crippen molar-refractivity contribution in [2.24, 2.45) is 17.6 Å². The molecular weight excluding hydrogens is 170 g/mol. The molecule has 3 atom stereocenters. The summed E-state index contributed by atoms with van der Waals surface area (Å²) >= 11 is 0. The van der Waals surface area contributed by atoms with Gasteiger partial charge in [-0.1, -0.05) is 25.0 Å². The monoisotopic (exact) mass is 193 g/mol. The third-order valence-electron chi connectivity index (χ3n) is 4.27. The maximum Gasteiger partial charge on any atom is 0.00792 e. The quantitative estimate of drug-likeness (QED) is 0.587. The fourth-order valence-corrected chi connectivity index (χ4v) is 2.90. The summed E-state index contributed by atoms with van der Waals surface area (Å²) < 4.78 is 0. The number of rotatable bonds is 0. The van der Waals surface area contributed by atoms with Crippen LogP contribution in [0.4, 0.5) is 0 Å². The Hall–Kier alpha value is -0.300. The molecule has 0 heterocycles. The van der Waals surface area contributed by atoms with E-state index in [-0.39, 0.29) is 0 Å². The molecule has 80 valence electrons. The molecule has 0 spiro atoms. The molecule has 14 heavy (non-hydrogen) atoms. The highest BCUT2D eigenvalue weighted by Gasteiger charge is 2.25. The summed E-state index contributed by atoms with van der Waals surface area (Å²) in [5, 5.41) is 0. The largest absolute Gasteiger partial charge is 0.327 e. The van der Waals surface area contributed by atoms with Gasteiger partial charge in [-0.15, -0.1) is 0 Å². The molecule has 0 aromatic heterocycles. The molecule has 2 N–H and O–H groups in total. The van der Waals surface area contributed by atoms with E-state index in [0.29, 0.717) is 6.04 Å². The Labute approximate surface area is 87.8 Å². The molecular formula is C13H23N. The number of nitrogens with two attached hydrogens (primary N) is 1. The summed E-state index contributed by atoms with van der Waals surface area (Å²) in [6.45, 7) is 4.80. The highest BCUT2D eigenvalue weighted by molar-refractivity contribution is 5.21. The lowest BCUT2D eigenvalue weighted by molar-refractivity contribution is 0.321. The second-order valence-corrected chi connectivity index (χ2v) is 5.41. The summed E-state index contributed by atoms with van der Waals surface area (Å²) in [6.07, 6.45) is 7.81. The first kappa shape index (κ1) is 10.2. The van der Waals surface area contributed by atoms with Crippen LogP contribution in [0.15, 0.2) is 11.1 Å². The molecule has 3 unspecified atom stereocenters. The Kier molecular flexibility index (Phi) is 2.96. The fourth-order valence-electron chi connectivity index (χ4n) is 2.90. The van der Waals surface area contributed by atoms with Gasteiger partial charge in [0, 0.05) is 6.04 Å². The molecule has 0 aliphatic heterocycles. The van der Waals surface area contributed by atoms with Gasteiger partial charge in [-0.3, -0.25) is 0 Å². The SMILES string of the molecule is CC1CCC(=C2CCC(N)C2)CC1C. The average molecular weight is 193 g/mol. The van der Waals surface area contributed by atoms with E-state index in [0.717, 1.165) is 11.8 Å². The maximum atomic E-state index is 5.96. The lowest BCUT2D eigenvalue weighted by atomic mass is 9.77. The summed E-state index contributed by atoms with van der Waals surface area (Å²) in [5.41, 5.74) is 9.45. The van der Waals surface area contributed by atoms with Crippen LogP contribution in [0.2, 0.25) is 0 Å². The molecule has 2 rings (SSSR count). The van der Waals surface area contributed by atoms with E-state index in [1.807, 2.05) is 0 Å². The van der Waals surface area contributed by atoms with Crippen molar-refractivity contribution in [3.63, 3.8) is 0 Å². The number of hydrogen-bond donors (Lipinski definition) is 1. The van der Waals surface area contributed by atoms with Gasteiger partial charge in [0.15, 0.2) is 0 Å². The minimum absolute atomic E-state index is 0.465. The van der Waals surface area contributed by atoms with E-state index in [2.05, 4.69) is 13.8 Å². The molecule has 0 aromatic carbocycles. The summed E-state index contributed by atoms with van der Waals surface area (Å²) in [7, 11) is 0. The van der Waals surface area contributed by atoms with Crippen LogP contribution < -0.4 is 5.73 Å². The Balaban J connectivity index is 2.05. The lowest BCUT2D eigenvalue weighted by Gasteiger charge is -2.29. The third-order valence-corrected chi connectivity index (χ3v) is 4.27. The van der Waals surface area contributed by atoms with Gasteiger partial charge < -0.3 is 5.73 Å². The second kappa shape index (κ2) is 4.06. The fraction of sp³-hybridized carbons (Fsp3) is 0.846. The summed E-state index contributed by atoms with van der Waals surface area (Å²) in [5.74, 6) is 1.82. The number of allylic oxidation sites excluding steroid dienone is 1. The molecule has 2 fully saturated rings. The minimum atomic E-state index is 0.465. The van der Waals surface area contributed by atoms with Crippen LogP contribution in [0.1, 0.15) is 52.4 Å². The van der Waals surface area contributed by atoms with Crippen molar-refractivity contribution >= 4 is 0 Å². The van der Waals surface area contributed by atoms with Crippen molar-refractivity contribution < 1.29 is 0 Å². The zero-order valence-corrected chi connectivity index (χ0v) is 9.55. The first-order valence-electron chi connectivity index (χ1n) is 6.12. The van der Waals surface area contributed by atoms with Crippen LogP contribution >= 0.6 is 0 Å². The molecule has 0 aromatic rings. The molecule has 0 amide bonds. The molecule has 1 nitrogen and oxygen atoms in total. The average Bonchev–Trinajstić information content (AvgIpc) is 2.57. The van der Waals surface area contributed by atoms with Gasteiger partial charge >= 0.3 is 0 Å². The molecule has 2 aliphatic carbocycles. The molecule has 2 saturated carbocycles. The maximum absolute atomic E-state index is 5.96. The normalized spacial score (nSPS) is 44.4. The molecule has 0 saturated heterocycles. The smallest absolute Gasteiger partial charge is 0.00792 e. The van der Waals surface area contributed by atoms with E-state index >= 15 is 0 Å². The van der Waals surface area contributed by atoms with Crippen molar-refractivity contribution in [2.75, 3.05) is 0 Å². The predicted octanol–water partition coefficient (Wildman–Crippen LogP) is 3.25. The zero-order chi connectivity index (χ0) is 10.1. The van der Waals surface area contributed by atoms with Gasteiger partial charge in [-0.25, -0.2) is 0 Å². The van der Waals surface area contributed by atoms with Gasteiger partial charge in [-0.05, 0) is 50.4 Å². The highest BCUT2D eigenvalue weighted by Crippen LogP contribution is 2.38. The van der Waals surface area contributed by atoms with E-state index in [1.54, 1.807) is 11.1 Å². The van der Waals surface area contributed by atoms with Gasteiger partial charge in [0.05, 0.1) is 0 Å². The van der Waals surface area contributed by atoms with Crippen molar-refractivity contribution in [3.8, 4) is 0 Å². The molecule has 1 heteroatoms. The molecule has 2 aliphatic rings. The third kappa shape index (κ3) is 2.03. The van der Waals surface area contributed by atoms with Crippen molar-refractivity contribution in [1.29, 1.82) is 0 Å². The Bertz CT molecular complexity index is 242. The number of hydrogen-bond acceptors (Lipinski definition) is 1. The second-order valence-electron chi connectivity index (χ2n) is 5.41. The van der Waals surface area contributed by atoms with E-state index < -0.39 is 0 Å². The minimum Gasteiger partial charge on any atom is -0.327 e. The summed E-state index contributed by atoms with van der Waals surface area (Å²) in [6, 6.07) is 0.465. The highest BCUT2D eigenvalue weighted by atomic mass is 14.6. The van der Waals surface area contributed by atoms with E-state index in [9.17, 15) is 0 Å². The Morgan fingerprint density at radius 3 is 2.14 bits per heavy atom. The Morgan fingerprint density at radius 1 is 0.929 bits per heavy atom. The Morgan fingerprint density at radius 2 is 1.57 bits per heavy atom. The zero-order valence-electron chi connectivity index (χ0n) is 9.55. The van der Waals surface area contributed by atoms with Crippen molar-refractivity contribution in [1.82, 2.24) is 0 Å².